The van der Waals surface area contributed by atoms with Crippen LogP contribution >= 0.6 is 24.0 Å². The first-order chi connectivity index (χ1) is 11.4. The minimum atomic E-state index is -4.30. The summed E-state index contributed by atoms with van der Waals surface area (Å²) in [5.74, 6) is 0.740. The van der Waals surface area contributed by atoms with Crippen LogP contribution in [0.1, 0.15) is 37.8 Å². The van der Waals surface area contributed by atoms with E-state index >= 15 is 0 Å². The van der Waals surface area contributed by atoms with Crippen LogP contribution < -0.4 is 10.6 Å². The number of ether oxygens (including phenoxy) is 1. The zero-order valence-electron chi connectivity index (χ0n) is 14.7. The molecule has 0 aliphatic heterocycles. The molecular weight excluding hydrogens is 446 g/mol. The Morgan fingerprint density at radius 3 is 2.52 bits per heavy atom. The smallest absolute Gasteiger partial charge is 0.367 e. The Balaban J connectivity index is 0.00000576. The van der Waals surface area contributed by atoms with E-state index in [2.05, 4.69) is 27.3 Å². The molecular formula is C17H27F3IN3O. The predicted molar refractivity (Wildman–Crippen MR) is 105 cm³/mol. The van der Waals surface area contributed by atoms with Gasteiger partial charge in [-0.05, 0) is 24.5 Å². The van der Waals surface area contributed by atoms with Gasteiger partial charge in [-0.3, -0.25) is 0 Å². The summed E-state index contributed by atoms with van der Waals surface area (Å²) in [6.07, 6.45) is -2.13. The average Bonchev–Trinajstić information content (AvgIpc) is 2.52. The van der Waals surface area contributed by atoms with Gasteiger partial charge >= 0.3 is 6.18 Å². The summed E-state index contributed by atoms with van der Waals surface area (Å²) in [5.41, 5.74) is 1.63. The molecule has 1 aromatic rings. The lowest BCUT2D eigenvalue weighted by atomic mass is 10.1. The van der Waals surface area contributed by atoms with Gasteiger partial charge in [0.2, 0.25) is 0 Å². The second-order valence-corrected chi connectivity index (χ2v) is 5.40. The van der Waals surface area contributed by atoms with Crippen molar-refractivity contribution >= 4 is 29.9 Å². The number of rotatable bonds is 9. The van der Waals surface area contributed by atoms with E-state index in [1.165, 1.54) is 0 Å². The Morgan fingerprint density at radius 2 is 1.88 bits per heavy atom. The lowest BCUT2D eigenvalue weighted by Crippen LogP contribution is -2.37. The average molecular weight is 473 g/mol. The summed E-state index contributed by atoms with van der Waals surface area (Å²) in [6.45, 7) is 4.90. The van der Waals surface area contributed by atoms with Gasteiger partial charge in [0.1, 0.15) is 6.61 Å². The lowest BCUT2D eigenvalue weighted by Gasteiger charge is -2.11. The van der Waals surface area contributed by atoms with E-state index in [0.29, 0.717) is 12.1 Å². The quantitative estimate of drug-likeness (QED) is 0.244. The third-order valence-corrected chi connectivity index (χ3v) is 3.11. The molecule has 25 heavy (non-hydrogen) atoms. The van der Waals surface area contributed by atoms with Gasteiger partial charge in [-0.25, -0.2) is 4.99 Å². The molecule has 0 bridgehead atoms. The van der Waals surface area contributed by atoms with Crippen molar-refractivity contribution < 1.29 is 17.9 Å². The van der Waals surface area contributed by atoms with Gasteiger partial charge in [-0.1, -0.05) is 37.6 Å². The molecule has 0 saturated heterocycles. The standard InChI is InChI=1S/C17H26F3N3O.HI/c1-3-5-9-22-16(21-4-2)23-11-14-7-6-8-15(10-14)12-24-13-17(18,19)20;/h6-8,10H,3-5,9,11-13H2,1-2H3,(H2,21,22,23);1H. The number of halogens is 4. The highest BCUT2D eigenvalue weighted by Crippen LogP contribution is 2.16. The highest BCUT2D eigenvalue weighted by molar-refractivity contribution is 14.0. The molecule has 0 aromatic heterocycles. The molecule has 0 amide bonds. The first kappa shape index (κ1) is 24.0. The molecule has 0 atom stereocenters. The number of nitrogens with zero attached hydrogens (tertiary/aromatic N) is 1. The molecule has 8 heteroatoms. The van der Waals surface area contributed by atoms with Crippen LogP contribution in [-0.4, -0.2) is 31.8 Å². The molecule has 0 spiro atoms. The zero-order chi connectivity index (χ0) is 17.8. The Bertz CT molecular complexity index is 510. The summed E-state index contributed by atoms with van der Waals surface area (Å²) in [7, 11) is 0. The monoisotopic (exact) mass is 473 g/mol. The number of hydrogen-bond acceptors (Lipinski definition) is 2. The van der Waals surface area contributed by atoms with E-state index in [9.17, 15) is 13.2 Å². The second-order valence-electron chi connectivity index (χ2n) is 5.40. The topological polar surface area (TPSA) is 45.7 Å². The molecule has 0 aliphatic carbocycles. The molecule has 1 rings (SSSR count). The SMILES string of the molecule is CCCCNC(=NCc1cccc(COCC(F)(F)F)c1)NCC.I. The zero-order valence-corrected chi connectivity index (χ0v) is 17.0. The van der Waals surface area contributed by atoms with Crippen molar-refractivity contribution in [3.8, 4) is 0 Å². The number of guanidine groups is 1. The molecule has 4 nitrogen and oxygen atoms in total. The maximum atomic E-state index is 12.1. The molecule has 2 N–H and O–H groups in total. The maximum Gasteiger partial charge on any atom is 0.411 e. The number of benzene rings is 1. The van der Waals surface area contributed by atoms with E-state index in [4.69, 9.17) is 0 Å². The fourth-order valence-electron chi connectivity index (χ4n) is 2.00. The van der Waals surface area contributed by atoms with Gasteiger partial charge < -0.3 is 15.4 Å². The van der Waals surface area contributed by atoms with Crippen LogP contribution in [-0.2, 0) is 17.9 Å². The summed E-state index contributed by atoms with van der Waals surface area (Å²) in [5, 5.41) is 6.41. The Hall–Kier alpha value is -1.03. The largest absolute Gasteiger partial charge is 0.411 e. The van der Waals surface area contributed by atoms with Crippen molar-refractivity contribution in [2.45, 2.75) is 46.0 Å². The number of hydrogen-bond donors (Lipinski definition) is 2. The summed E-state index contributed by atoms with van der Waals surface area (Å²) in [6, 6.07) is 7.25. The second kappa shape index (κ2) is 13.2. The summed E-state index contributed by atoms with van der Waals surface area (Å²) < 4.78 is 41.0. The molecule has 0 saturated carbocycles. The Kier molecular flexibility index (Phi) is 12.7. The van der Waals surface area contributed by atoms with Crippen LogP contribution in [0, 0.1) is 0 Å². The Labute approximate surface area is 164 Å². The fourth-order valence-corrected chi connectivity index (χ4v) is 2.00. The summed E-state index contributed by atoms with van der Waals surface area (Å²) >= 11 is 0. The van der Waals surface area contributed by atoms with Crippen molar-refractivity contribution in [3.63, 3.8) is 0 Å². The van der Waals surface area contributed by atoms with Crippen molar-refractivity contribution in [2.75, 3.05) is 19.7 Å². The van der Waals surface area contributed by atoms with Crippen molar-refractivity contribution in [2.24, 2.45) is 4.99 Å². The normalized spacial score (nSPS) is 11.8. The van der Waals surface area contributed by atoms with Crippen LogP contribution in [0.4, 0.5) is 13.2 Å². The van der Waals surface area contributed by atoms with Crippen molar-refractivity contribution in [1.82, 2.24) is 10.6 Å². The van der Waals surface area contributed by atoms with Crippen molar-refractivity contribution in [3.05, 3.63) is 35.4 Å². The van der Waals surface area contributed by atoms with Gasteiger partial charge in [0.05, 0.1) is 13.2 Å². The minimum Gasteiger partial charge on any atom is -0.367 e. The first-order valence-corrected chi connectivity index (χ1v) is 8.19. The van der Waals surface area contributed by atoms with Crippen LogP contribution in [0.2, 0.25) is 0 Å². The van der Waals surface area contributed by atoms with Crippen LogP contribution in [0.3, 0.4) is 0 Å². The van der Waals surface area contributed by atoms with Crippen molar-refractivity contribution in [1.29, 1.82) is 0 Å². The van der Waals surface area contributed by atoms with E-state index in [1.807, 2.05) is 19.1 Å². The molecule has 1 aromatic carbocycles. The van der Waals surface area contributed by atoms with E-state index in [0.717, 1.165) is 37.5 Å². The number of aliphatic imine (C=N–C) groups is 1. The van der Waals surface area contributed by atoms with Crippen LogP contribution in [0.25, 0.3) is 0 Å². The molecule has 144 valence electrons. The van der Waals surface area contributed by atoms with E-state index in [1.54, 1.807) is 12.1 Å². The molecule has 0 unspecified atom stereocenters. The van der Waals surface area contributed by atoms with E-state index < -0.39 is 12.8 Å². The van der Waals surface area contributed by atoms with Gasteiger partial charge in [0.25, 0.3) is 0 Å². The van der Waals surface area contributed by atoms with Crippen LogP contribution in [0.5, 0.6) is 0 Å². The molecule has 0 fully saturated rings. The molecule has 0 aliphatic rings. The third-order valence-electron chi connectivity index (χ3n) is 3.11. The fraction of sp³-hybridized carbons (Fsp3) is 0.588. The third kappa shape index (κ3) is 12.0. The highest BCUT2D eigenvalue weighted by Gasteiger charge is 2.27. The number of alkyl halides is 3. The Morgan fingerprint density at radius 1 is 1.16 bits per heavy atom. The van der Waals surface area contributed by atoms with Gasteiger partial charge in [0, 0.05) is 13.1 Å². The van der Waals surface area contributed by atoms with Gasteiger partial charge in [-0.2, -0.15) is 13.2 Å². The lowest BCUT2D eigenvalue weighted by molar-refractivity contribution is -0.176. The maximum absolute atomic E-state index is 12.1. The predicted octanol–water partition coefficient (Wildman–Crippen LogP) is 4.24. The van der Waals surface area contributed by atoms with Crippen LogP contribution in [0.15, 0.2) is 29.3 Å². The summed E-state index contributed by atoms with van der Waals surface area (Å²) in [4.78, 5) is 4.49. The minimum absolute atomic E-state index is 0. The van der Waals surface area contributed by atoms with E-state index in [-0.39, 0.29) is 30.6 Å². The first-order valence-electron chi connectivity index (χ1n) is 8.19. The highest BCUT2D eigenvalue weighted by atomic mass is 127. The number of unbranched alkanes of at least 4 members (excludes halogenated alkanes) is 1. The molecule has 0 heterocycles. The van der Waals surface area contributed by atoms with Gasteiger partial charge in [-0.15, -0.1) is 24.0 Å². The number of nitrogens with one attached hydrogen (secondary N) is 2. The van der Waals surface area contributed by atoms with Gasteiger partial charge in [0.15, 0.2) is 5.96 Å². The molecule has 0 radical (unpaired) electrons.